The topological polar surface area (TPSA) is 64.6 Å². The highest BCUT2D eigenvalue weighted by atomic mass is 16.5. The lowest BCUT2D eigenvalue weighted by Crippen LogP contribution is -2.11. The van der Waals surface area contributed by atoms with Crippen LogP contribution >= 0.6 is 0 Å². The molecule has 5 nitrogen and oxygen atoms in total. The SMILES string of the molecule is COc1cc(C)c(NC(C)=O)c(C=O)c1OC. The van der Waals surface area contributed by atoms with Gasteiger partial charge in [0.1, 0.15) is 0 Å². The van der Waals surface area contributed by atoms with Gasteiger partial charge in [-0.1, -0.05) is 0 Å². The van der Waals surface area contributed by atoms with E-state index >= 15 is 0 Å². The maximum absolute atomic E-state index is 11.1. The molecule has 0 spiro atoms. The number of carbonyl (C=O) groups is 2. The molecule has 0 aliphatic heterocycles. The fourth-order valence-corrected chi connectivity index (χ4v) is 1.61. The van der Waals surface area contributed by atoms with Gasteiger partial charge in [-0.2, -0.15) is 0 Å². The van der Waals surface area contributed by atoms with Crippen molar-refractivity contribution in [1.82, 2.24) is 0 Å². The summed E-state index contributed by atoms with van der Waals surface area (Å²) in [5.41, 5.74) is 1.46. The predicted octanol–water partition coefficient (Wildman–Crippen LogP) is 1.78. The maximum atomic E-state index is 11.1. The number of aryl methyl sites for hydroxylation is 1. The third-order valence-corrected chi connectivity index (χ3v) is 2.32. The molecule has 1 N–H and O–H groups in total. The molecule has 5 heteroatoms. The Labute approximate surface area is 99.7 Å². The first-order valence-corrected chi connectivity index (χ1v) is 5.03. The number of hydrogen-bond acceptors (Lipinski definition) is 4. The summed E-state index contributed by atoms with van der Waals surface area (Å²) in [5, 5.41) is 2.61. The van der Waals surface area contributed by atoms with Crippen molar-refractivity contribution in [3.05, 3.63) is 17.2 Å². The zero-order valence-corrected chi connectivity index (χ0v) is 10.3. The van der Waals surface area contributed by atoms with Gasteiger partial charge in [0.25, 0.3) is 0 Å². The molecule has 0 aliphatic rings. The van der Waals surface area contributed by atoms with Crippen LogP contribution in [0, 0.1) is 6.92 Å². The number of amides is 1. The van der Waals surface area contributed by atoms with Gasteiger partial charge in [-0.25, -0.2) is 0 Å². The molecular formula is C12H15NO4. The molecule has 0 aliphatic carbocycles. The molecular weight excluding hydrogens is 222 g/mol. The standard InChI is InChI=1S/C12H15NO4/c1-7-5-10(16-3)12(17-4)9(6-14)11(7)13-8(2)15/h5-6H,1-4H3,(H,13,15). The largest absolute Gasteiger partial charge is 0.493 e. The molecule has 0 saturated carbocycles. The second kappa shape index (κ2) is 5.34. The molecule has 1 aromatic carbocycles. The van der Waals surface area contributed by atoms with Gasteiger partial charge in [0.05, 0.1) is 25.5 Å². The zero-order chi connectivity index (χ0) is 13.0. The molecule has 0 fully saturated rings. The van der Waals surface area contributed by atoms with E-state index in [0.717, 1.165) is 5.56 Å². The Morgan fingerprint density at radius 2 is 2.00 bits per heavy atom. The molecule has 1 aromatic rings. The lowest BCUT2D eigenvalue weighted by atomic mass is 10.1. The summed E-state index contributed by atoms with van der Waals surface area (Å²) in [5.74, 6) is 0.529. The van der Waals surface area contributed by atoms with E-state index in [1.165, 1.54) is 21.1 Å². The molecule has 92 valence electrons. The van der Waals surface area contributed by atoms with Crippen LogP contribution in [0.5, 0.6) is 11.5 Å². The van der Waals surface area contributed by atoms with Crippen molar-refractivity contribution in [1.29, 1.82) is 0 Å². The monoisotopic (exact) mass is 237 g/mol. The van der Waals surface area contributed by atoms with Crippen LogP contribution < -0.4 is 14.8 Å². The Morgan fingerprint density at radius 3 is 2.41 bits per heavy atom. The lowest BCUT2D eigenvalue weighted by Gasteiger charge is -2.16. The van der Waals surface area contributed by atoms with Crippen LogP contribution in [0.2, 0.25) is 0 Å². The van der Waals surface area contributed by atoms with Crippen molar-refractivity contribution in [3.63, 3.8) is 0 Å². The molecule has 0 heterocycles. The number of anilines is 1. The summed E-state index contributed by atoms with van der Waals surface area (Å²) in [4.78, 5) is 22.2. The summed E-state index contributed by atoms with van der Waals surface area (Å²) in [6.07, 6.45) is 0.639. The van der Waals surface area contributed by atoms with Crippen molar-refractivity contribution in [2.24, 2.45) is 0 Å². The van der Waals surface area contributed by atoms with Gasteiger partial charge in [-0.15, -0.1) is 0 Å². The second-order valence-corrected chi connectivity index (χ2v) is 3.52. The van der Waals surface area contributed by atoms with Crippen LogP contribution in [0.15, 0.2) is 6.07 Å². The third-order valence-electron chi connectivity index (χ3n) is 2.32. The van der Waals surface area contributed by atoms with E-state index in [1.54, 1.807) is 13.0 Å². The van der Waals surface area contributed by atoms with Crippen molar-refractivity contribution in [2.75, 3.05) is 19.5 Å². The zero-order valence-electron chi connectivity index (χ0n) is 10.3. The fourth-order valence-electron chi connectivity index (χ4n) is 1.61. The van der Waals surface area contributed by atoms with E-state index in [4.69, 9.17) is 9.47 Å². The summed E-state index contributed by atoms with van der Waals surface area (Å²) in [6.45, 7) is 3.16. The van der Waals surface area contributed by atoms with Crippen LogP contribution in [0.3, 0.4) is 0 Å². The Balaban J connectivity index is 3.48. The Morgan fingerprint density at radius 1 is 1.35 bits per heavy atom. The average Bonchev–Trinajstić information content (AvgIpc) is 2.30. The number of methoxy groups -OCH3 is 2. The highest BCUT2D eigenvalue weighted by Crippen LogP contribution is 2.37. The minimum Gasteiger partial charge on any atom is -0.493 e. The van der Waals surface area contributed by atoms with Crippen molar-refractivity contribution < 1.29 is 19.1 Å². The molecule has 0 bridgehead atoms. The van der Waals surface area contributed by atoms with Crippen LogP contribution in [0.1, 0.15) is 22.8 Å². The highest BCUT2D eigenvalue weighted by Gasteiger charge is 2.17. The van der Waals surface area contributed by atoms with Gasteiger partial charge in [0.2, 0.25) is 5.91 Å². The molecule has 0 radical (unpaired) electrons. The molecule has 17 heavy (non-hydrogen) atoms. The molecule has 0 aromatic heterocycles. The van der Waals surface area contributed by atoms with Crippen LogP contribution in [0.25, 0.3) is 0 Å². The summed E-state index contributed by atoms with van der Waals surface area (Å²) in [6, 6.07) is 1.71. The first kappa shape index (κ1) is 13.0. The minimum absolute atomic E-state index is 0.247. The first-order chi connectivity index (χ1) is 8.04. The van der Waals surface area contributed by atoms with Crippen molar-refractivity contribution in [2.45, 2.75) is 13.8 Å². The summed E-state index contributed by atoms with van der Waals surface area (Å²) < 4.78 is 10.3. The molecule has 0 saturated heterocycles. The van der Waals surface area contributed by atoms with E-state index in [1.807, 2.05) is 0 Å². The van der Waals surface area contributed by atoms with Crippen LogP contribution in [0.4, 0.5) is 5.69 Å². The normalized spacial score (nSPS) is 9.65. The van der Waals surface area contributed by atoms with Gasteiger partial charge >= 0.3 is 0 Å². The number of benzene rings is 1. The molecule has 1 rings (SSSR count). The number of nitrogens with one attached hydrogen (secondary N) is 1. The van der Waals surface area contributed by atoms with Gasteiger partial charge in [0.15, 0.2) is 17.8 Å². The lowest BCUT2D eigenvalue weighted by molar-refractivity contribution is -0.114. The van der Waals surface area contributed by atoms with E-state index in [0.29, 0.717) is 23.5 Å². The van der Waals surface area contributed by atoms with E-state index in [9.17, 15) is 9.59 Å². The van der Waals surface area contributed by atoms with Gasteiger partial charge < -0.3 is 14.8 Å². The van der Waals surface area contributed by atoms with Gasteiger partial charge in [-0.05, 0) is 18.6 Å². The quantitative estimate of drug-likeness (QED) is 0.811. The molecule has 0 atom stereocenters. The summed E-state index contributed by atoms with van der Waals surface area (Å²) >= 11 is 0. The van der Waals surface area contributed by atoms with Crippen LogP contribution in [-0.4, -0.2) is 26.4 Å². The van der Waals surface area contributed by atoms with Gasteiger partial charge in [-0.3, -0.25) is 9.59 Å². The smallest absolute Gasteiger partial charge is 0.221 e. The second-order valence-electron chi connectivity index (χ2n) is 3.52. The number of carbonyl (C=O) groups excluding carboxylic acids is 2. The highest BCUT2D eigenvalue weighted by molar-refractivity contribution is 5.99. The van der Waals surface area contributed by atoms with Crippen LogP contribution in [-0.2, 0) is 4.79 Å². The molecule has 0 unspecified atom stereocenters. The number of ether oxygens (including phenoxy) is 2. The number of hydrogen-bond donors (Lipinski definition) is 1. The van der Waals surface area contributed by atoms with Crippen molar-refractivity contribution in [3.8, 4) is 11.5 Å². The molecule has 1 amide bonds. The third kappa shape index (κ3) is 2.55. The van der Waals surface area contributed by atoms with E-state index < -0.39 is 0 Å². The Bertz CT molecular complexity index is 454. The van der Waals surface area contributed by atoms with E-state index in [-0.39, 0.29) is 11.5 Å². The Kier molecular flexibility index (Phi) is 4.09. The van der Waals surface area contributed by atoms with Gasteiger partial charge in [0, 0.05) is 6.92 Å². The summed E-state index contributed by atoms with van der Waals surface area (Å²) in [7, 11) is 2.93. The first-order valence-electron chi connectivity index (χ1n) is 5.03. The maximum Gasteiger partial charge on any atom is 0.221 e. The predicted molar refractivity (Wildman–Crippen MR) is 64.0 cm³/mol. The average molecular weight is 237 g/mol. The fraction of sp³-hybridized carbons (Fsp3) is 0.333. The number of rotatable bonds is 4. The Hall–Kier alpha value is -2.04. The van der Waals surface area contributed by atoms with E-state index in [2.05, 4.69) is 5.32 Å². The minimum atomic E-state index is -0.247. The number of aldehydes is 1. The van der Waals surface area contributed by atoms with Crippen molar-refractivity contribution >= 4 is 17.9 Å².